The number of nitrogens with two attached hydrogens (primary N) is 1. The summed E-state index contributed by atoms with van der Waals surface area (Å²) in [7, 11) is 4.13. The maximum absolute atomic E-state index is 13.0. The minimum atomic E-state index is -1.51. The smallest absolute Gasteiger partial charge is 0.411 e. The number of carbonyl (C=O) groups excluding carboxylic acids is 4. The van der Waals surface area contributed by atoms with Crippen LogP contribution in [-0.4, -0.2) is 91.8 Å². The van der Waals surface area contributed by atoms with E-state index >= 15 is 0 Å². The Morgan fingerprint density at radius 1 is 0.974 bits per heavy atom. The lowest BCUT2D eigenvalue weighted by molar-refractivity contribution is -0.134. The fraction of sp³-hybridized carbons (Fsp3) is 0.583. The molecule has 4 amide bonds. The lowest BCUT2D eigenvalue weighted by atomic mass is 10.1. The zero-order valence-electron chi connectivity index (χ0n) is 22.4. The quantitative estimate of drug-likeness (QED) is 0.218. The number of benzene rings is 1. The van der Waals surface area contributed by atoms with Crippen molar-refractivity contribution in [3.8, 4) is 0 Å². The van der Waals surface area contributed by atoms with Crippen LogP contribution >= 0.6 is 11.6 Å². The van der Waals surface area contributed by atoms with E-state index in [0.29, 0.717) is 10.7 Å². The van der Waals surface area contributed by atoms with Crippen LogP contribution in [0, 0.1) is 0 Å². The van der Waals surface area contributed by atoms with Crippen LogP contribution in [0.3, 0.4) is 0 Å². The number of nitrogens with zero attached hydrogens (tertiary/aromatic N) is 1. The molecule has 38 heavy (non-hydrogen) atoms. The highest BCUT2D eigenvalue weighted by Crippen LogP contribution is 2.15. The summed E-state index contributed by atoms with van der Waals surface area (Å²) in [6.45, 7) is 4.15. The number of rotatable bonds is 13. The van der Waals surface area contributed by atoms with Crippen LogP contribution in [-0.2, 0) is 28.6 Å². The summed E-state index contributed by atoms with van der Waals surface area (Å²) >= 11 is 5.88. The van der Waals surface area contributed by atoms with E-state index in [-0.39, 0.29) is 12.8 Å². The van der Waals surface area contributed by atoms with Crippen molar-refractivity contribution < 1.29 is 38.5 Å². The van der Waals surface area contributed by atoms with Crippen LogP contribution in [0.25, 0.3) is 0 Å². The maximum Gasteiger partial charge on any atom is 0.411 e. The second-order valence-electron chi connectivity index (χ2n) is 9.32. The minimum absolute atomic E-state index is 0.102. The van der Waals surface area contributed by atoms with Crippen molar-refractivity contribution in [3.63, 3.8) is 0 Å². The van der Waals surface area contributed by atoms with Crippen LogP contribution in [0.5, 0.6) is 0 Å². The van der Waals surface area contributed by atoms with Gasteiger partial charge in [0.05, 0.1) is 6.61 Å². The number of anilines is 1. The number of carbonyl (C=O) groups is 4. The molecule has 1 rings (SSSR count). The molecule has 0 aromatic heterocycles. The molecule has 14 heteroatoms. The molecule has 0 spiro atoms. The minimum Gasteiger partial charge on any atom is -0.444 e. The van der Waals surface area contributed by atoms with Gasteiger partial charge < -0.3 is 41.0 Å². The molecule has 0 aliphatic rings. The van der Waals surface area contributed by atoms with Gasteiger partial charge in [0.15, 0.2) is 12.5 Å². The Balaban J connectivity index is 2.93. The number of hydrogen-bond acceptors (Lipinski definition) is 9. The van der Waals surface area contributed by atoms with Gasteiger partial charge >= 0.3 is 6.09 Å². The fourth-order valence-electron chi connectivity index (χ4n) is 3.01. The molecule has 13 nitrogen and oxygen atoms in total. The first kappa shape index (κ1) is 33.1. The second kappa shape index (κ2) is 15.4. The predicted molar refractivity (Wildman–Crippen MR) is 140 cm³/mol. The molecule has 0 saturated carbocycles. The lowest BCUT2D eigenvalue weighted by Crippen LogP contribution is -2.60. The molecule has 0 fully saturated rings. The van der Waals surface area contributed by atoms with Crippen LogP contribution in [0.1, 0.15) is 33.6 Å². The molecule has 1 aromatic rings. The number of nitrogens with one attached hydrogen (secondary N) is 3. The first-order chi connectivity index (χ1) is 17.7. The van der Waals surface area contributed by atoms with Crippen molar-refractivity contribution in [3.05, 3.63) is 29.3 Å². The van der Waals surface area contributed by atoms with Gasteiger partial charge in [0, 0.05) is 38.4 Å². The Bertz CT molecular complexity index is 937. The van der Waals surface area contributed by atoms with Crippen molar-refractivity contribution in [1.82, 2.24) is 15.5 Å². The Morgan fingerprint density at radius 2 is 1.53 bits per heavy atom. The number of amides is 4. The van der Waals surface area contributed by atoms with Gasteiger partial charge in [-0.3, -0.25) is 19.3 Å². The van der Waals surface area contributed by atoms with Gasteiger partial charge in [0.1, 0.15) is 17.7 Å². The molecule has 0 saturated heterocycles. The molecular formula is C24H38ClN5O8. The summed E-state index contributed by atoms with van der Waals surface area (Å²) in [5.74, 6) is -2.33. The average Bonchev–Trinajstić information content (AvgIpc) is 2.86. The summed E-state index contributed by atoms with van der Waals surface area (Å²) in [5.41, 5.74) is 5.46. The second-order valence-corrected chi connectivity index (χ2v) is 9.75. The van der Waals surface area contributed by atoms with Crippen molar-refractivity contribution >= 4 is 41.1 Å². The number of methoxy groups -OCH3 is 2. The third-order valence-electron chi connectivity index (χ3n) is 5.14. The standard InChI is InChI=1S/C24H38ClN5O8/c1-24(2,3)38-23(35)30(4)19(26)22(34)29-17(13-31)21(33)28-16(11-12-18(36-5)37-6)20(32)27-15-9-7-14(25)8-10-15/h7-10,16-19,31H,11-13,26H2,1-6H3,(H,27,32)(H,28,33)(H,29,34)/t16?,17-,19+/m0/s1. The highest BCUT2D eigenvalue weighted by molar-refractivity contribution is 6.30. The number of likely N-dealkylation sites (N-methyl/N-ethyl adjacent to an activating group) is 1. The molecule has 1 aromatic carbocycles. The normalized spacial score (nSPS) is 13.7. The van der Waals surface area contributed by atoms with Gasteiger partial charge in [0.2, 0.25) is 11.8 Å². The largest absolute Gasteiger partial charge is 0.444 e. The van der Waals surface area contributed by atoms with Gasteiger partial charge in [-0.15, -0.1) is 0 Å². The first-order valence-electron chi connectivity index (χ1n) is 11.8. The molecular weight excluding hydrogens is 522 g/mol. The van der Waals surface area contributed by atoms with Crippen LogP contribution in [0.2, 0.25) is 5.02 Å². The van der Waals surface area contributed by atoms with E-state index in [4.69, 9.17) is 31.5 Å². The Labute approximate surface area is 227 Å². The highest BCUT2D eigenvalue weighted by Gasteiger charge is 2.32. The Hall–Kier alpha value is -2.97. The summed E-state index contributed by atoms with van der Waals surface area (Å²) < 4.78 is 15.5. The van der Waals surface area contributed by atoms with Gasteiger partial charge in [0.25, 0.3) is 5.91 Å². The fourth-order valence-corrected chi connectivity index (χ4v) is 3.14. The molecule has 6 N–H and O–H groups in total. The van der Waals surface area contributed by atoms with Gasteiger partial charge in [-0.2, -0.15) is 0 Å². The van der Waals surface area contributed by atoms with E-state index in [1.165, 1.54) is 21.3 Å². The zero-order valence-corrected chi connectivity index (χ0v) is 23.2. The Morgan fingerprint density at radius 3 is 2.03 bits per heavy atom. The summed E-state index contributed by atoms with van der Waals surface area (Å²) in [6.07, 6.45) is -2.65. The molecule has 0 bridgehead atoms. The zero-order chi connectivity index (χ0) is 29.0. The van der Waals surface area contributed by atoms with Gasteiger partial charge in [-0.1, -0.05) is 11.6 Å². The lowest BCUT2D eigenvalue weighted by Gasteiger charge is -2.29. The maximum atomic E-state index is 13.0. The van der Waals surface area contributed by atoms with E-state index in [0.717, 1.165) is 4.90 Å². The van der Waals surface area contributed by atoms with Crippen molar-refractivity contribution in [1.29, 1.82) is 0 Å². The monoisotopic (exact) mass is 559 g/mol. The molecule has 0 radical (unpaired) electrons. The van der Waals surface area contributed by atoms with Crippen LogP contribution in [0.15, 0.2) is 24.3 Å². The first-order valence-corrected chi connectivity index (χ1v) is 12.1. The number of aliphatic hydroxyl groups is 1. The van der Waals surface area contributed by atoms with E-state index in [1.807, 2.05) is 0 Å². The van der Waals surface area contributed by atoms with Crippen molar-refractivity contribution in [2.24, 2.45) is 5.73 Å². The third kappa shape index (κ3) is 11.2. The number of hydrogen-bond donors (Lipinski definition) is 5. The summed E-state index contributed by atoms with van der Waals surface area (Å²) in [5, 5.41) is 17.7. The van der Waals surface area contributed by atoms with Crippen molar-refractivity contribution in [2.75, 3.05) is 33.2 Å². The molecule has 0 heterocycles. The SMILES string of the molecule is COC(CCC(NC(=O)[C@H](CO)NC(=O)[C@H](N)N(C)C(=O)OC(C)(C)C)C(=O)Nc1ccc(Cl)cc1)OC. The van der Waals surface area contributed by atoms with Crippen LogP contribution < -0.4 is 21.7 Å². The highest BCUT2D eigenvalue weighted by atomic mass is 35.5. The van der Waals surface area contributed by atoms with E-state index in [1.54, 1.807) is 45.0 Å². The third-order valence-corrected chi connectivity index (χ3v) is 5.40. The molecule has 0 aliphatic carbocycles. The number of halogens is 1. The van der Waals surface area contributed by atoms with Gasteiger partial charge in [-0.25, -0.2) is 4.79 Å². The summed E-state index contributed by atoms with van der Waals surface area (Å²) in [6, 6.07) is 3.80. The molecule has 1 unspecified atom stereocenters. The van der Waals surface area contributed by atoms with Crippen LogP contribution in [0.4, 0.5) is 10.5 Å². The predicted octanol–water partition coefficient (Wildman–Crippen LogP) is 0.791. The van der Waals surface area contributed by atoms with E-state index < -0.39 is 60.6 Å². The van der Waals surface area contributed by atoms with Gasteiger partial charge in [-0.05, 0) is 51.5 Å². The molecule has 0 aliphatic heterocycles. The molecule has 214 valence electrons. The number of aliphatic hydroxyl groups excluding tert-OH is 1. The topological polar surface area (TPSA) is 182 Å². The van der Waals surface area contributed by atoms with E-state index in [9.17, 15) is 24.3 Å². The Kier molecular flexibility index (Phi) is 13.4. The average molecular weight is 560 g/mol. The molecule has 3 atom stereocenters. The van der Waals surface area contributed by atoms with E-state index in [2.05, 4.69) is 16.0 Å². The summed E-state index contributed by atoms with van der Waals surface area (Å²) in [4.78, 5) is 51.6. The van der Waals surface area contributed by atoms with Crippen molar-refractivity contribution in [2.45, 2.75) is 63.8 Å². The number of ether oxygens (including phenoxy) is 3.